The van der Waals surface area contributed by atoms with Crippen molar-refractivity contribution in [3.8, 4) is 5.75 Å². The number of amides is 1. The van der Waals surface area contributed by atoms with Crippen LogP contribution in [0.1, 0.15) is 11.1 Å². The first-order valence-corrected chi connectivity index (χ1v) is 7.69. The van der Waals surface area contributed by atoms with Crippen LogP contribution in [0.2, 0.25) is 5.02 Å². The molecule has 0 aliphatic carbocycles. The zero-order valence-corrected chi connectivity index (χ0v) is 14.2. The van der Waals surface area contributed by atoms with Gasteiger partial charge < -0.3 is 4.74 Å². The molecule has 1 amide bonds. The number of nitrogens with one attached hydrogen (secondary N) is 1. The van der Waals surface area contributed by atoms with Crippen molar-refractivity contribution < 1.29 is 9.53 Å². The third kappa shape index (κ3) is 4.86. The van der Waals surface area contributed by atoms with E-state index in [1.165, 1.54) is 0 Å². The van der Waals surface area contributed by atoms with E-state index in [-0.39, 0.29) is 12.5 Å². The van der Waals surface area contributed by atoms with Gasteiger partial charge >= 0.3 is 0 Å². The first-order chi connectivity index (χ1) is 10.6. The first kappa shape index (κ1) is 16.5. The highest BCUT2D eigenvalue weighted by molar-refractivity contribution is 9.10. The van der Waals surface area contributed by atoms with Crippen molar-refractivity contribution in [3.63, 3.8) is 0 Å². The van der Waals surface area contributed by atoms with Gasteiger partial charge in [-0.25, -0.2) is 5.43 Å². The number of ether oxygens (including phenoxy) is 1. The fourth-order valence-corrected chi connectivity index (χ4v) is 2.40. The van der Waals surface area contributed by atoms with Crippen molar-refractivity contribution in [2.24, 2.45) is 5.10 Å². The lowest BCUT2D eigenvalue weighted by atomic mass is 10.1. The molecule has 0 saturated heterocycles. The lowest BCUT2D eigenvalue weighted by molar-refractivity contribution is -0.123. The van der Waals surface area contributed by atoms with Gasteiger partial charge in [0, 0.05) is 4.47 Å². The van der Waals surface area contributed by atoms with Crippen molar-refractivity contribution >= 4 is 39.7 Å². The minimum Gasteiger partial charge on any atom is -0.482 e. The monoisotopic (exact) mass is 380 g/mol. The number of aryl methyl sites for hydroxylation is 1. The van der Waals surface area contributed by atoms with Gasteiger partial charge in [-0.15, -0.1) is 0 Å². The van der Waals surface area contributed by atoms with Crippen LogP contribution in [0.25, 0.3) is 0 Å². The van der Waals surface area contributed by atoms with Crippen molar-refractivity contribution in [3.05, 3.63) is 63.1 Å². The van der Waals surface area contributed by atoms with Crippen LogP contribution in [0.4, 0.5) is 0 Å². The molecule has 6 heteroatoms. The van der Waals surface area contributed by atoms with Crippen molar-refractivity contribution in [1.29, 1.82) is 0 Å². The SMILES string of the molecule is Cc1ccccc1/C=N/NC(=O)COc1ccc(Br)cc1Cl. The molecule has 0 heterocycles. The Labute approximate surface area is 142 Å². The lowest BCUT2D eigenvalue weighted by Gasteiger charge is -2.07. The third-order valence-corrected chi connectivity index (χ3v) is 3.62. The largest absolute Gasteiger partial charge is 0.482 e. The summed E-state index contributed by atoms with van der Waals surface area (Å²) in [7, 11) is 0. The predicted molar refractivity (Wildman–Crippen MR) is 91.6 cm³/mol. The summed E-state index contributed by atoms with van der Waals surface area (Å²) >= 11 is 9.30. The van der Waals surface area contributed by atoms with Gasteiger partial charge in [-0.05, 0) is 36.2 Å². The van der Waals surface area contributed by atoms with Crippen molar-refractivity contribution in [2.75, 3.05) is 6.61 Å². The number of halogens is 2. The summed E-state index contributed by atoms with van der Waals surface area (Å²) in [4.78, 5) is 11.7. The summed E-state index contributed by atoms with van der Waals surface area (Å²) in [6.45, 7) is 1.81. The molecule has 0 aliphatic heterocycles. The summed E-state index contributed by atoms with van der Waals surface area (Å²) in [6.07, 6.45) is 1.60. The molecular weight excluding hydrogens is 368 g/mol. The van der Waals surface area contributed by atoms with E-state index in [0.717, 1.165) is 15.6 Å². The smallest absolute Gasteiger partial charge is 0.277 e. The number of hydrazone groups is 1. The van der Waals surface area contributed by atoms with Crippen LogP contribution in [0.5, 0.6) is 5.75 Å². The average Bonchev–Trinajstić information content (AvgIpc) is 2.48. The maximum Gasteiger partial charge on any atom is 0.277 e. The molecule has 0 bridgehead atoms. The molecule has 0 atom stereocenters. The average molecular weight is 382 g/mol. The van der Waals surface area contributed by atoms with E-state index in [9.17, 15) is 4.79 Å². The second-order valence-corrected chi connectivity index (χ2v) is 5.84. The van der Waals surface area contributed by atoms with E-state index < -0.39 is 0 Å². The molecule has 0 aromatic heterocycles. The number of carbonyl (C=O) groups excluding carboxylic acids is 1. The Balaban J connectivity index is 1.84. The lowest BCUT2D eigenvalue weighted by Crippen LogP contribution is -2.24. The fraction of sp³-hybridized carbons (Fsp3) is 0.125. The Hall–Kier alpha value is -1.85. The maximum absolute atomic E-state index is 11.7. The maximum atomic E-state index is 11.7. The zero-order valence-electron chi connectivity index (χ0n) is 11.8. The van der Waals surface area contributed by atoms with E-state index in [4.69, 9.17) is 16.3 Å². The van der Waals surface area contributed by atoms with Gasteiger partial charge in [0.05, 0.1) is 11.2 Å². The van der Waals surface area contributed by atoms with Crippen LogP contribution in [0, 0.1) is 6.92 Å². The molecule has 4 nitrogen and oxygen atoms in total. The van der Waals surface area contributed by atoms with Crippen LogP contribution in [0.15, 0.2) is 52.0 Å². The van der Waals surface area contributed by atoms with Gasteiger partial charge in [-0.3, -0.25) is 4.79 Å². The molecule has 0 spiro atoms. The quantitative estimate of drug-likeness (QED) is 0.630. The van der Waals surface area contributed by atoms with Gasteiger partial charge in [0.1, 0.15) is 5.75 Å². The Bertz CT molecular complexity index is 704. The van der Waals surface area contributed by atoms with Gasteiger partial charge in [-0.1, -0.05) is 51.8 Å². The second-order valence-electron chi connectivity index (χ2n) is 4.51. The minimum absolute atomic E-state index is 0.160. The van der Waals surface area contributed by atoms with E-state index >= 15 is 0 Å². The van der Waals surface area contributed by atoms with Crippen LogP contribution in [0.3, 0.4) is 0 Å². The standard InChI is InChI=1S/C16H14BrClN2O2/c1-11-4-2-3-5-12(11)9-19-20-16(21)10-22-15-7-6-13(17)8-14(15)18/h2-9H,10H2,1H3,(H,20,21)/b19-9+. The molecule has 0 fully saturated rings. The fourth-order valence-electron chi connectivity index (χ4n) is 1.67. The summed E-state index contributed by atoms with van der Waals surface area (Å²) in [5.41, 5.74) is 4.44. The molecule has 2 aromatic rings. The van der Waals surface area contributed by atoms with Gasteiger partial charge in [-0.2, -0.15) is 5.10 Å². The van der Waals surface area contributed by atoms with Gasteiger partial charge in [0.2, 0.25) is 0 Å². The predicted octanol–water partition coefficient (Wildman–Crippen LogP) is 3.94. The molecule has 0 saturated carbocycles. The number of hydrogen-bond acceptors (Lipinski definition) is 3. The molecular formula is C16H14BrClN2O2. The Morgan fingerprint density at radius 3 is 2.86 bits per heavy atom. The first-order valence-electron chi connectivity index (χ1n) is 6.51. The van der Waals surface area contributed by atoms with Crippen molar-refractivity contribution in [1.82, 2.24) is 5.43 Å². The highest BCUT2D eigenvalue weighted by Crippen LogP contribution is 2.27. The van der Waals surface area contributed by atoms with E-state index in [1.807, 2.05) is 31.2 Å². The molecule has 0 radical (unpaired) electrons. The van der Waals surface area contributed by atoms with E-state index in [2.05, 4.69) is 26.5 Å². The third-order valence-electron chi connectivity index (χ3n) is 2.83. The van der Waals surface area contributed by atoms with Crippen LogP contribution < -0.4 is 10.2 Å². The summed E-state index contributed by atoms with van der Waals surface area (Å²) in [5, 5.41) is 4.34. The Kier molecular flexibility index (Phi) is 5.98. The zero-order chi connectivity index (χ0) is 15.9. The molecule has 22 heavy (non-hydrogen) atoms. The second kappa shape index (κ2) is 7.96. The molecule has 0 aliphatic rings. The summed E-state index contributed by atoms with van der Waals surface area (Å²) in [5.74, 6) is 0.0896. The molecule has 0 unspecified atom stereocenters. The number of hydrogen-bond donors (Lipinski definition) is 1. The van der Waals surface area contributed by atoms with Crippen LogP contribution in [-0.2, 0) is 4.79 Å². The van der Waals surface area contributed by atoms with Crippen LogP contribution >= 0.6 is 27.5 Å². The number of rotatable bonds is 5. The Morgan fingerprint density at radius 2 is 2.14 bits per heavy atom. The molecule has 1 N–H and O–H groups in total. The highest BCUT2D eigenvalue weighted by atomic mass is 79.9. The number of nitrogens with zero attached hydrogens (tertiary/aromatic N) is 1. The normalized spacial score (nSPS) is 10.7. The van der Waals surface area contributed by atoms with Gasteiger partial charge in [0.25, 0.3) is 5.91 Å². The van der Waals surface area contributed by atoms with E-state index in [1.54, 1.807) is 24.4 Å². The molecule has 114 valence electrons. The summed E-state index contributed by atoms with van der Waals surface area (Å²) in [6, 6.07) is 12.9. The van der Waals surface area contributed by atoms with Gasteiger partial charge in [0.15, 0.2) is 6.61 Å². The Morgan fingerprint density at radius 1 is 1.36 bits per heavy atom. The van der Waals surface area contributed by atoms with Crippen molar-refractivity contribution in [2.45, 2.75) is 6.92 Å². The molecule has 2 aromatic carbocycles. The summed E-state index contributed by atoms with van der Waals surface area (Å²) < 4.78 is 6.19. The van der Waals surface area contributed by atoms with Crippen LogP contribution in [-0.4, -0.2) is 18.7 Å². The molecule has 2 rings (SSSR count). The topological polar surface area (TPSA) is 50.7 Å². The highest BCUT2D eigenvalue weighted by Gasteiger charge is 2.05. The number of benzene rings is 2. The number of carbonyl (C=O) groups is 1. The van der Waals surface area contributed by atoms with E-state index in [0.29, 0.717) is 10.8 Å². The minimum atomic E-state index is -0.358.